The van der Waals surface area contributed by atoms with Crippen molar-refractivity contribution in [2.45, 2.75) is 6.61 Å². The zero-order valence-electron chi connectivity index (χ0n) is 8.22. The highest BCUT2D eigenvalue weighted by Gasteiger charge is 2.06. The number of hydrogen-bond donors (Lipinski definition) is 0. The van der Waals surface area contributed by atoms with Crippen LogP contribution in [0.2, 0.25) is 0 Å². The Hall–Kier alpha value is -2.17. The van der Waals surface area contributed by atoms with E-state index in [4.69, 9.17) is 4.74 Å². The van der Waals surface area contributed by atoms with Crippen LogP contribution in [0.25, 0.3) is 0 Å². The van der Waals surface area contributed by atoms with Crippen LogP contribution in [0.3, 0.4) is 0 Å². The van der Waals surface area contributed by atoms with Crippen LogP contribution in [-0.4, -0.2) is 11.4 Å². The van der Waals surface area contributed by atoms with E-state index in [1.165, 1.54) is 12.1 Å². The highest BCUT2D eigenvalue weighted by molar-refractivity contribution is 5.70. The van der Waals surface area contributed by atoms with Gasteiger partial charge in [0.1, 0.15) is 12.4 Å². The Morgan fingerprint density at radius 3 is 2.94 bits per heavy atom. The standard InChI is InChI=1S/C11H8FNO3/c12-10-4-2-1-3-8(10)7-15-11-5-9(6-14)16-13-11/h1-6H,7H2. The van der Waals surface area contributed by atoms with E-state index in [0.29, 0.717) is 11.8 Å². The van der Waals surface area contributed by atoms with Crippen molar-refractivity contribution in [2.75, 3.05) is 0 Å². The zero-order chi connectivity index (χ0) is 11.4. The first-order valence-corrected chi connectivity index (χ1v) is 4.57. The number of halogens is 1. The number of ether oxygens (including phenoxy) is 1. The summed E-state index contributed by atoms with van der Waals surface area (Å²) in [6, 6.07) is 7.60. The lowest BCUT2D eigenvalue weighted by molar-refractivity contribution is 0.109. The molecular weight excluding hydrogens is 213 g/mol. The van der Waals surface area contributed by atoms with E-state index in [2.05, 4.69) is 9.68 Å². The summed E-state index contributed by atoms with van der Waals surface area (Å²) in [7, 11) is 0. The second-order valence-corrected chi connectivity index (χ2v) is 3.07. The van der Waals surface area contributed by atoms with Crippen LogP contribution in [-0.2, 0) is 6.61 Å². The van der Waals surface area contributed by atoms with Crippen molar-refractivity contribution >= 4 is 6.29 Å². The quantitative estimate of drug-likeness (QED) is 0.742. The average Bonchev–Trinajstić information content (AvgIpc) is 2.76. The predicted octanol–water partition coefficient (Wildman–Crippen LogP) is 2.21. The van der Waals surface area contributed by atoms with Crippen LogP contribution in [0.1, 0.15) is 16.1 Å². The van der Waals surface area contributed by atoms with E-state index in [9.17, 15) is 9.18 Å². The van der Waals surface area contributed by atoms with Crippen molar-refractivity contribution in [3.63, 3.8) is 0 Å². The largest absolute Gasteiger partial charge is 0.471 e. The molecule has 2 aromatic rings. The van der Waals surface area contributed by atoms with Crippen LogP contribution in [0.5, 0.6) is 5.88 Å². The third kappa shape index (κ3) is 2.25. The minimum absolute atomic E-state index is 0.0392. The van der Waals surface area contributed by atoms with Gasteiger partial charge in [-0.3, -0.25) is 4.79 Å². The molecule has 0 unspecified atom stereocenters. The van der Waals surface area contributed by atoms with Crippen molar-refractivity contribution in [2.24, 2.45) is 0 Å². The van der Waals surface area contributed by atoms with Gasteiger partial charge >= 0.3 is 0 Å². The molecule has 0 amide bonds. The van der Waals surface area contributed by atoms with Gasteiger partial charge in [-0.05, 0) is 11.2 Å². The number of carbonyl (C=O) groups is 1. The monoisotopic (exact) mass is 221 g/mol. The number of aromatic nitrogens is 1. The average molecular weight is 221 g/mol. The summed E-state index contributed by atoms with van der Waals surface area (Å²) < 4.78 is 22.9. The molecule has 82 valence electrons. The highest BCUT2D eigenvalue weighted by Crippen LogP contribution is 2.13. The Morgan fingerprint density at radius 1 is 1.44 bits per heavy atom. The van der Waals surface area contributed by atoms with Gasteiger partial charge in [0.25, 0.3) is 5.88 Å². The summed E-state index contributed by atoms with van der Waals surface area (Å²) in [6.45, 7) is 0.0392. The molecule has 1 heterocycles. The smallest absolute Gasteiger partial charge is 0.255 e. The van der Waals surface area contributed by atoms with Gasteiger partial charge in [-0.2, -0.15) is 0 Å². The molecule has 16 heavy (non-hydrogen) atoms. The molecule has 0 bridgehead atoms. The normalized spacial score (nSPS) is 10.1. The van der Waals surface area contributed by atoms with E-state index in [0.717, 1.165) is 0 Å². The SMILES string of the molecule is O=Cc1cc(OCc2ccccc2F)no1. The number of nitrogens with zero attached hydrogens (tertiary/aromatic N) is 1. The van der Waals surface area contributed by atoms with Crippen molar-refractivity contribution in [1.29, 1.82) is 0 Å². The molecule has 0 fully saturated rings. The number of benzene rings is 1. The minimum atomic E-state index is -0.346. The van der Waals surface area contributed by atoms with E-state index in [-0.39, 0.29) is 24.1 Å². The number of aldehydes is 1. The molecular formula is C11H8FNO3. The van der Waals surface area contributed by atoms with Crippen LogP contribution >= 0.6 is 0 Å². The van der Waals surface area contributed by atoms with Crippen LogP contribution in [0, 0.1) is 5.82 Å². The molecule has 0 aliphatic heterocycles. The fourth-order valence-corrected chi connectivity index (χ4v) is 1.16. The molecule has 1 aromatic carbocycles. The molecule has 5 heteroatoms. The molecule has 0 N–H and O–H groups in total. The molecule has 0 aliphatic carbocycles. The van der Waals surface area contributed by atoms with Gasteiger partial charge in [0.15, 0.2) is 6.29 Å². The Morgan fingerprint density at radius 2 is 2.25 bits per heavy atom. The van der Waals surface area contributed by atoms with E-state index in [1.807, 2.05) is 0 Å². The molecule has 0 spiro atoms. The summed E-state index contributed by atoms with van der Waals surface area (Å²) in [5, 5.41) is 3.48. The molecule has 0 saturated carbocycles. The second-order valence-electron chi connectivity index (χ2n) is 3.07. The van der Waals surface area contributed by atoms with Crippen LogP contribution < -0.4 is 4.74 Å². The highest BCUT2D eigenvalue weighted by atomic mass is 19.1. The maximum Gasteiger partial charge on any atom is 0.255 e. The van der Waals surface area contributed by atoms with Gasteiger partial charge in [-0.1, -0.05) is 18.2 Å². The Labute approximate surface area is 90.6 Å². The molecule has 0 atom stereocenters. The van der Waals surface area contributed by atoms with E-state index >= 15 is 0 Å². The van der Waals surface area contributed by atoms with Crippen molar-refractivity contribution in [3.05, 3.63) is 47.5 Å². The van der Waals surface area contributed by atoms with Gasteiger partial charge in [0, 0.05) is 5.56 Å². The molecule has 0 saturated heterocycles. The number of hydrogen-bond acceptors (Lipinski definition) is 4. The maximum absolute atomic E-state index is 13.2. The number of carbonyl (C=O) groups excluding carboxylic acids is 1. The molecule has 1 aromatic heterocycles. The van der Waals surface area contributed by atoms with Gasteiger partial charge in [-0.25, -0.2) is 4.39 Å². The third-order valence-corrected chi connectivity index (χ3v) is 1.96. The first-order valence-electron chi connectivity index (χ1n) is 4.57. The molecule has 0 radical (unpaired) electrons. The minimum Gasteiger partial charge on any atom is -0.471 e. The Bertz CT molecular complexity index is 495. The van der Waals surface area contributed by atoms with Crippen molar-refractivity contribution in [3.8, 4) is 5.88 Å². The first-order chi connectivity index (χ1) is 7.79. The predicted molar refractivity (Wildman–Crippen MR) is 52.6 cm³/mol. The van der Waals surface area contributed by atoms with Crippen molar-refractivity contribution in [1.82, 2.24) is 5.16 Å². The lowest BCUT2D eigenvalue weighted by Gasteiger charge is -2.02. The first kappa shape index (κ1) is 10.4. The van der Waals surface area contributed by atoms with Crippen LogP contribution in [0.15, 0.2) is 34.9 Å². The van der Waals surface area contributed by atoms with E-state index < -0.39 is 0 Å². The van der Waals surface area contributed by atoms with E-state index in [1.54, 1.807) is 18.2 Å². The fraction of sp³-hybridized carbons (Fsp3) is 0.0909. The third-order valence-electron chi connectivity index (χ3n) is 1.96. The summed E-state index contributed by atoms with van der Waals surface area (Å²) in [5.74, 6) is -0.115. The topological polar surface area (TPSA) is 52.3 Å². The summed E-state index contributed by atoms with van der Waals surface area (Å²) in [5.41, 5.74) is 0.415. The lowest BCUT2D eigenvalue weighted by atomic mass is 10.2. The second kappa shape index (κ2) is 4.57. The van der Waals surface area contributed by atoms with Gasteiger partial charge < -0.3 is 9.26 Å². The zero-order valence-corrected chi connectivity index (χ0v) is 8.22. The van der Waals surface area contributed by atoms with Gasteiger partial charge in [-0.15, -0.1) is 0 Å². The fourth-order valence-electron chi connectivity index (χ4n) is 1.16. The molecule has 2 rings (SSSR count). The molecule has 0 aliphatic rings. The summed E-state index contributed by atoms with van der Waals surface area (Å²) in [6.07, 6.45) is 0.517. The summed E-state index contributed by atoms with van der Waals surface area (Å²) >= 11 is 0. The van der Waals surface area contributed by atoms with Gasteiger partial charge in [0.2, 0.25) is 5.76 Å². The Kier molecular flexibility index (Phi) is 2.95. The lowest BCUT2D eigenvalue weighted by Crippen LogP contribution is -1.98. The summed E-state index contributed by atoms with van der Waals surface area (Å²) in [4.78, 5) is 10.3. The maximum atomic E-state index is 13.2. The Balaban J connectivity index is 2.02. The van der Waals surface area contributed by atoms with Crippen molar-refractivity contribution < 1.29 is 18.4 Å². The van der Waals surface area contributed by atoms with Gasteiger partial charge in [0.05, 0.1) is 6.07 Å². The molecule has 4 nitrogen and oxygen atoms in total. The number of rotatable bonds is 4. The van der Waals surface area contributed by atoms with Crippen LogP contribution in [0.4, 0.5) is 4.39 Å².